The number of aliphatic hydroxyl groups is 1. The van der Waals surface area contributed by atoms with Gasteiger partial charge >= 0.3 is 35.0 Å². The van der Waals surface area contributed by atoms with E-state index in [2.05, 4.69) is 67.5 Å². The molecule has 1 saturated heterocycles. The number of carbonyl (C=O) groups is 2. The maximum Gasteiger partial charge on any atom is 2.00 e. The van der Waals surface area contributed by atoms with Gasteiger partial charge in [0.25, 0.3) is 0 Å². The summed E-state index contributed by atoms with van der Waals surface area (Å²) in [6.07, 6.45) is 16.7. The second-order valence-electron chi connectivity index (χ2n) is 17.0. The molecule has 1 fully saturated rings. The van der Waals surface area contributed by atoms with E-state index in [-0.39, 0.29) is 59.8 Å². The second kappa shape index (κ2) is 19.7. The van der Waals surface area contributed by atoms with Crippen molar-refractivity contribution in [1.82, 2.24) is 9.97 Å². The predicted molar refractivity (Wildman–Crippen MR) is 233 cm³/mol. The van der Waals surface area contributed by atoms with Gasteiger partial charge in [0.15, 0.2) is 0 Å². The van der Waals surface area contributed by atoms with Crippen LogP contribution in [0.15, 0.2) is 40.4 Å². The zero-order valence-corrected chi connectivity index (χ0v) is 38.1. The molecular formula is C48H64MgN4O5-2. The largest absolute Gasteiger partial charge is 2.00 e. The maximum atomic E-state index is 13.6. The van der Waals surface area contributed by atoms with Gasteiger partial charge in [-0.25, -0.2) is 0 Å². The van der Waals surface area contributed by atoms with Crippen LogP contribution >= 0.6 is 0 Å². The van der Waals surface area contributed by atoms with Crippen molar-refractivity contribution in [3.05, 3.63) is 95.4 Å². The van der Waals surface area contributed by atoms with E-state index in [4.69, 9.17) is 30.1 Å². The Hall–Kier alpha value is -3.47. The number of hydrogen-bond donors (Lipinski definition) is 1. The monoisotopic (exact) mass is 800 g/mol. The summed E-state index contributed by atoms with van der Waals surface area (Å²) in [4.78, 5) is 37.2. The average Bonchev–Trinajstić information content (AvgIpc) is 3.93. The summed E-state index contributed by atoms with van der Waals surface area (Å²) in [5.41, 5.74) is 11.3. The number of aliphatic hydroxyl groups excluding tert-OH is 1. The Morgan fingerprint density at radius 1 is 0.966 bits per heavy atom. The minimum absolute atomic E-state index is 0. The van der Waals surface area contributed by atoms with Gasteiger partial charge in [-0.1, -0.05) is 118 Å². The zero-order chi connectivity index (χ0) is 41.1. The molecule has 7 atom stereocenters. The number of carbonyl (C=O) groups excluding carboxylic acids is 2. The number of hydrogen-bond acceptors (Lipinski definition) is 5. The van der Waals surface area contributed by atoms with Crippen molar-refractivity contribution >= 4 is 52.7 Å². The predicted octanol–water partition coefficient (Wildman–Crippen LogP) is 8.42. The molecule has 0 amide bonds. The third-order valence-corrected chi connectivity index (χ3v) is 13.3. The topological polar surface area (TPSA) is 129 Å². The van der Waals surface area contributed by atoms with Crippen molar-refractivity contribution in [1.29, 1.82) is 0 Å². The van der Waals surface area contributed by atoms with Gasteiger partial charge in [-0.15, -0.1) is 27.8 Å². The first kappa shape index (κ1) is 45.6. The fourth-order valence-corrected chi connectivity index (χ4v) is 9.64. The standard InChI is InChI=1S/C48H64N4O5.Mg/c1-11-14-16-26(4)17-15-18-27(5)21-22-57-41(53)20-19-34-30(8)37-23-35-28(6)32(12-2)39(49-35)24-36-29(7)33(13-3)40(50-36)25-38-31(9)42-46(52-38)43(45(34)51-37)44(47(42)54)48(55)56-10;/h21,23-26,30,32,34,44-45,47,54H,11-20,22H2,1-10H3;/q-4;+2/b27-21+,37-23-,38-25-,39-24-;/t26-,30-,32-,34-,44+,45?,47+;/m0./s1. The summed E-state index contributed by atoms with van der Waals surface area (Å²) in [5.74, 6) is -1.10. The molecule has 0 spiro atoms. The van der Waals surface area contributed by atoms with Gasteiger partial charge in [0.2, 0.25) is 0 Å². The van der Waals surface area contributed by atoms with Crippen LogP contribution in [0.2, 0.25) is 0 Å². The first-order valence-electron chi connectivity index (χ1n) is 21.5. The molecular weight excluding hydrogens is 737 g/mol. The van der Waals surface area contributed by atoms with Gasteiger partial charge in [-0.05, 0) is 95.1 Å². The summed E-state index contributed by atoms with van der Waals surface area (Å²) < 4.78 is 11.1. The first-order valence-corrected chi connectivity index (χ1v) is 21.5. The first-order chi connectivity index (χ1) is 27.3. The van der Waals surface area contributed by atoms with Gasteiger partial charge in [0, 0.05) is 6.42 Å². The van der Waals surface area contributed by atoms with Crippen LogP contribution < -0.4 is 20.7 Å². The molecule has 2 aromatic heterocycles. The third-order valence-electron chi connectivity index (χ3n) is 13.3. The molecule has 9 nitrogen and oxygen atoms in total. The van der Waals surface area contributed by atoms with E-state index < -0.39 is 24.0 Å². The van der Waals surface area contributed by atoms with E-state index in [1.165, 1.54) is 43.9 Å². The summed E-state index contributed by atoms with van der Waals surface area (Å²) >= 11 is 0. The second-order valence-corrected chi connectivity index (χ2v) is 17.0. The van der Waals surface area contributed by atoms with E-state index >= 15 is 0 Å². The molecule has 8 bridgehead atoms. The van der Waals surface area contributed by atoms with Gasteiger partial charge in [0.05, 0.1) is 13.2 Å². The number of esters is 2. The Bertz CT molecular complexity index is 2100. The molecule has 10 heteroatoms. The molecule has 0 radical (unpaired) electrons. The molecule has 3 aliphatic heterocycles. The molecule has 2 aromatic rings. The van der Waals surface area contributed by atoms with Gasteiger partial charge < -0.3 is 35.2 Å². The number of unbranched alkanes of at least 4 members (excludes halogenated alkanes) is 1. The molecule has 1 aliphatic carbocycles. The van der Waals surface area contributed by atoms with E-state index in [0.29, 0.717) is 28.3 Å². The maximum absolute atomic E-state index is 13.6. The van der Waals surface area contributed by atoms with Crippen LogP contribution in [0, 0.1) is 43.4 Å². The number of ether oxygens (including phenoxy) is 2. The number of aromatic nitrogens is 2. The number of fused-ring (bicyclic) bond motifs is 8. The third kappa shape index (κ3) is 9.14. The van der Waals surface area contributed by atoms with Crippen molar-refractivity contribution in [2.75, 3.05) is 13.7 Å². The van der Waals surface area contributed by atoms with Crippen LogP contribution in [0.25, 0.3) is 28.4 Å². The summed E-state index contributed by atoms with van der Waals surface area (Å²) in [7, 11) is 1.35. The minimum atomic E-state index is -1.14. The van der Waals surface area contributed by atoms with Gasteiger partial charge in [-0.2, -0.15) is 11.4 Å². The van der Waals surface area contributed by atoms with Crippen LogP contribution in [0.1, 0.15) is 146 Å². The average molecular weight is 801 g/mol. The molecule has 5 heterocycles. The Labute approximate surface area is 362 Å². The van der Waals surface area contributed by atoms with E-state index in [9.17, 15) is 14.7 Å². The van der Waals surface area contributed by atoms with E-state index in [0.717, 1.165) is 76.8 Å². The van der Waals surface area contributed by atoms with E-state index in [1.54, 1.807) is 0 Å². The smallest absolute Gasteiger partial charge is 0.681 e. The van der Waals surface area contributed by atoms with Crippen LogP contribution in [-0.4, -0.2) is 59.9 Å². The summed E-state index contributed by atoms with van der Waals surface area (Å²) in [5, 5.41) is 23.8. The fraction of sp³-hybridized carbons (Fsp3) is 0.583. The number of rotatable bonds is 15. The summed E-state index contributed by atoms with van der Waals surface area (Å²) in [6, 6.07) is -0.521. The Morgan fingerprint density at radius 3 is 2.40 bits per heavy atom. The number of nitrogens with zero attached hydrogens (tertiary/aromatic N) is 4. The Morgan fingerprint density at radius 2 is 1.71 bits per heavy atom. The van der Waals surface area contributed by atoms with Crippen molar-refractivity contribution in [2.45, 2.75) is 139 Å². The molecule has 4 aliphatic rings. The molecule has 6 rings (SSSR count). The SMILES string of the molecule is CCCC[C@H](C)CCC/C(C)=C/COC(=O)CC[C@@H]1C2[N-]/C(=C\C3=C(C)[C@H](CC)/C(=C/c4[n-]c(c(CC)c4C)/C=c4\[n-]c5c(c4C)[C@@H](O)[C@H](C(=O)OC)C=52)[N-]3)[C@H]1C.[Mg+2]. The fourth-order valence-electron chi connectivity index (χ4n) is 9.64. The molecule has 58 heavy (non-hydrogen) atoms. The Balaban J connectivity index is 0.00000641. The zero-order valence-electron chi connectivity index (χ0n) is 36.7. The van der Waals surface area contributed by atoms with Crippen molar-refractivity contribution in [2.24, 2.45) is 29.6 Å². The number of allylic oxidation sites excluding steroid dienone is 4. The van der Waals surface area contributed by atoms with Crippen LogP contribution in [0.3, 0.4) is 0 Å². The van der Waals surface area contributed by atoms with Crippen molar-refractivity contribution in [3.8, 4) is 0 Å². The van der Waals surface area contributed by atoms with Crippen LogP contribution in [0.5, 0.6) is 0 Å². The minimum Gasteiger partial charge on any atom is -0.681 e. The summed E-state index contributed by atoms with van der Waals surface area (Å²) in [6.45, 7) is 19.6. The molecule has 0 saturated carbocycles. The van der Waals surface area contributed by atoms with Gasteiger partial charge in [0.1, 0.15) is 12.5 Å². The molecule has 1 unspecified atom stereocenters. The van der Waals surface area contributed by atoms with Crippen LogP contribution in [0.4, 0.5) is 0 Å². The molecule has 0 aromatic carbocycles. The van der Waals surface area contributed by atoms with Crippen molar-refractivity contribution in [3.63, 3.8) is 0 Å². The van der Waals surface area contributed by atoms with Crippen LogP contribution in [-0.2, 0) is 25.5 Å². The molecule has 1 N–H and O–H groups in total. The Kier molecular flexibility index (Phi) is 15.5. The number of methoxy groups -OCH3 is 1. The van der Waals surface area contributed by atoms with Crippen molar-refractivity contribution < 1.29 is 24.2 Å². The van der Waals surface area contributed by atoms with E-state index in [1.807, 2.05) is 19.1 Å². The quantitative estimate of drug-likeness (QED) is 0.109. The molecule has 310 valence electrons. The van der Waals surface area contributed by atoms with Gasteiger partial charge in [-0.3, -0.25) is 9.59 Å². The normalized spacial score (nSPS) is 26.4.